The van der Waals surface area contributed by atoms with Gasteiger partial charge < -0.3 is 20.2 Å². The molecule has 112 valence electrons. The van der Waals surface area contributed by atoms with Gasteiger partial charge in [0.15, 0.2) is 0 Å². The Hall–Kier alpha value is -1.79. The monoisotopic (exact) mass is 283 g/mol. The molecule has 2 aliphatic heterocycles. The number of likely N-dealkylation sites (N-methyl/N-ethyl adjacent to an activating group) is 1. The standard InChI is InChI=1S/C13H21N3O4/c1-15-6-5-10(12(15)19)14-13(20)16-7-4-9(8-16)2-3-11(17)18/h9-10H,2-8H2,1H3,(H,14,20)(H,17,18). The van der Waals surface area contributed by atoms with Gasteiger partial charge in [-0.25, -0.2) is 4.79 Å². The van der Waals surface area contributed by atoms with Crippen LogP contribution in [0.3, 0.4) is 0 Å². The third-order valence-electron chi connectivity index (χ3n) is 4.06. The van der Waals surface area contributed by atoms with Crippen LogP contribution in [-0.2, 0) is 9.59 Å². The number of amides is 3. The Morgan fingerprint density at radius 1 is 1.35 bits per heavy atom. The zero-order valence-corrected chi connectivity index (χ0v) is 11.7. The van der Waals surface area contributed by atoms with E-state index in [1.807, 2.05) is 0 Å². The van der Waals surface area contributed by atoms with Crippen LogP contribution in [0.4, 0.5) is 4.79 Å². The van der Waals surface area contributed by atoms with Crippen molar-refractivity contribution in [3.8, 4) is 0 Å². The lowest BCUT2D eigenvalue weighted by Gasteiger charge is -2.20. The molecule has 3 amide bonds. The molecule has 2 fully saturated rings. The van der Waals surface area contributed by atoms with E-state index in [1.165, 1.54) is 0 Å². The normalized spacial score (nSPS) is 26.1. The highest BCUT2D eigenvalue weighted by Gasteiger charge is 2.33. The first kappa shape index (κ1) is 14.6. The summed E-state index contributed by atoms with van der Waals surface area (Å²) < 4.78 is 0. The Kier molecular flexibility index (Phi) is 4.46. The number of carboxylic acid groups (broad SMARTS) is 1. The highest BCUT2D eigenvalue weighted by atomic mass is 16.4. The summed E-state index contributed by atoms with van der Waals surface area (Å²) in [5.41, 5.74) is 0. The number of rotatable bonds is 4. The number of hydrogen-bond donors (Lipinski definition) is 2. The first-order chi connectivity index (χ1) is 9.47. The average molecular weight is 283 g/mol. The van der Waals surface area contributed by atoms with E-state index in [0.717, 1.165) is 6.42 Å². The fourth-order valence-corrected chi connectivity index (χ4v) is 2.78. The fraction of sp³-hybridized carbons (Fsp3) is 0.769. The molecule has 2 aliphatic rings. The van der Waals surface area contributed by atoms with Crippen molar-refractivity contribution in [3.05, 3.63) is 0 Å². The predicted octanol–water partition coefficient (Wildman–Crippen LogP) is 0.113. The Labute approximate surface area is 117 Å². The SMILES string of the molecule is CN1CCC(NC(=O)N2CCC(CCC(=O)O)C2)C1=O. The van der Waals surface area contributed by atoms with E-state index in [9.17, 15) is 14.4 Å². The number of nitrogens with one attached hydrogen (secondary N) is 1. The second kappa shape index (κ2) is 6.11. The van der Waals surface area contributed by atoms with Crippen LogP contribution in [0, 0.1) is 5.92 Å². The molecule has 0 spiro atoms. The average Bonchev–Trinajstić information content (AvgIpc) is 2.98. The summed E-state index contributed by atoms with van der Waals surface area (Å²) in [6, 6.07) is -0.623. The number of urea groups is 1. The van der Waals surface area contributed by atoms with Crippen LogP contribution < -0.4 is 5.32 Å². The van der Waals surface area contributed by atoms with Gasteiger partial charge in [-0.05, 0) is 25.2 Å². The van der Waals surface area contributed by atoms with Gasteiger partial charge in [-0.2, -0.15) is 0 Å². The molecule has 2 rings (SSSR count). The first-order valence-electron chi connectivity index (χ1n) is 6.99. The number of likely N-dealkylation sites (tertiary alicyclic amines) is 2. The van der Waals surface area contributed by atoms with Crippen molar-refractivity contribution in [1.29, 1.82) is 0 Å². The number of aliphatic carboxylic acids is 1. The maximum Gasteiger partial charge on any atom is 0.318 e. The molecule has 0 aliphatic carbocycles. The van der Waals surface area contributed by atoms with Gasteiger partial charge in [0.2, 0.25) is 5.91 Å². The van der Waals surface area contributed by atoms with Crippen LogP contribution in [0.15, 0.2) is 0 Å². The first-order valence-corrected chi connectivity index (χ1v) is 6.99. The van der Waals surface area contributed by atoms with Crippen LogP contribution in [0.25, 0.3) is 0 Å². The summed E-state index contributed by atoms with van der Waals surface area (Å²) in [5, 5.41) is 11.4. The van der Waals surface area contributed by atoms with E-state index >= 15 is 0 Å². The maximum absolute atomic E-state index is 12.1. The van der Waals surface area contributed by atoms with E-state index in [4.69, 9.17) is 5.11 Å². The summed E-state index contributed by atoms with van der Waals surface area (Å²) in [6.45, 7) is 1.88. The molecule has 0 bridgehead atoms. The molecule has 2 atom stereocenters. The third kappa shape index (κ3) is 3.40. The number of carbonyl (C=O) groups is 3. The van der Waals surface area contributed by atoms with Crippen LogP contribution in [0.5, 0.6) is 0 Å². The van der Waals surface area contributed by atoms with Crippen molar-refractivity contribution in [2.24, 2.45) is 5.92 Å². The molecule has 2 saturated heterocycles. The van der Waals surface area contributed by atoms with Crippen molar-refractivity contribution in [1.82, 2.24) is 15.1 Å². The summed E-state index contributed by atoms with van der Waals surface area (Å²) in [6.07, 6.45) is 2.23. The molecule has 20 heavy (non-hydrogen) atoms. The second-order valence-corrected chi connectivity index (χ2v) is 5.58. The van der Waals surface area contributed by atoms with E-state index in [2.05, 4.69) is 5.32 Å². The number of nitrogens with zero attached hydrogens (tertiary/aromatic N) is 2. The lowest BCUT2D eigenvalue weighted by atomic mass is 10.0. The Morgan fingerprint density at radius 3 is 2.70 bits per heavy atom. The van der Waals surface area contributed by atoms with Crippen molar-refractivity contribution < 1.29 is 19.5 Å². The quantitative estimate of drug-likeness (QED) is 0.766. The zero-order valence-electron chi connectivity index (χ0n) is 11.7. The third-order valence-corrected chi connectivity index (χ3v) is 4.06. The second-order valence-electron chi connectivity index (χ2n) is 5.58. The van der Waals surface area contributed by atoms with Crippen LogP contribution >= 0.6 is 0 Å². The molecule has 0 radical (unpaired) electrons. The molecule has 7 heteroatoms. The topological polar surface area (TPSA) is 90.0 Å². The molecular weight excluding hydrogens is 262 g/mol. The van der Waals surface area contributed by atoms with Gasteiger partial charge in [0.05, 0.1) is 0 Å². The van der Waals surface area contributed by atoms with E-state index in [1.54, 1.807) is 16.8 Å². The van der Waals surface area contributed by atoms with Crippen LogP contribution in [0.2, 0.25) is 0 Å². The largest absolute Gasteiger partial charge is 0.481 e. The van der Waals surface area contributed by atoms with Crippen LogP contribution in [-0.4, -0.2) is 65.5 Å². The fourth-order valence-electron chi connectivity index (χ4n) is 2.78. The highest BCUT2D eigenvalue weighted by Crippen LogP contribution is 2.21. The minimum absolute atomic E-state index is 0.0417. The van der Waals surface area contributed by atoms with E-state index < -0.39 is 12.0 Å². The molecule has 2 unspecified atom stereocenters. The summed E-state index contributed by atoms with van der Waals surface area (Å²) in [5.74, 6) is -0.591. The maximum atomic E-state index is 12.1. The minimum Gasteiger partial charge on any atom is -0.481 e. The zero-order chi connectivity index (χ0) is 14.7. The molecule has 0 saturated carbocycles. The van der Waals surface area contributed by atoms with Gasteiger partial charge in [-0.15, -0.1) is 0 Å². The van der Waals surface area contributed by atoms with E-state index in [0.29, 0.717) is 32.5 Å². The molecule has 2 heterocycles. The summed E-state index contributed by atoms with van der Waals surface area (Å²) in [4.78, 5) is 37.6. The smallest absolute Gasteiger partial charge is 0.318 e. The molecule has 7 nitrogen and oxygen atoms in total. The van der Waals surface area contributed by atoms with Gasteiger partial charge in [0.25, 0.3) is 0 Å². The molecule has 0 aromatic heterocycles. The van der Waals surface area contributed by atoms with Crippen molar-refractivity contribution in [2.45, 2.75) is 31.7 Å². The Morgan fingerprint density at radius 2 is 2.10 bits per heavy atom. The summed E-state index contributed by atoms with van der Waals surface area (Å²) >= 11 is 0. The molecule has 2 N–H and O–H groups in total. The molecule has 0 aromatic carbocycles. The Balaban J connectivity index is 1.77. The van der Waals surface area contributed by atoms with Gasteiger partial charge in [0, 0.05) is 33.1 Å². The Bertz CT molecular complexity index is 412. The minimum atomic E-state index is -0.799. The van der Waals surface area contributed by atoms with Gasteiger partial charge in [0.1, 0.15) is 6.04 Å². The summed E-state index contributed by atoms with van der Waals surface area (Å²) in [7, 11) is 1.73. The van der Waals surface area contributed by atoms with Gasteiger partial charge in [-0.1, -0.05) is 0 Å². The highest BCUT2D eigenvalue weighted by molar-refractivity contribution is 5.88. The predicted molar refractivity (Wildman–Crippen MR) is 71.1 cm³/mol. The van der Waals surface area contributed by atoms with Crippen molar-refractivity contribution in [2.75, 3.05) is 26.7 Å². The van der Waals surface area contributed by atoms with Gasteiger partial charge in [-0.3, -0.25) is 9.59 Å². The molecular formula is C13H21N3O4. The van der Waals surface area contributed by atoms with E-state index in [-0.39, 0.29) is 24.3 Å². The lowest BCUT2D eigenvalue weighted by molar-refractivity contribution is -0.137. The van der Waals surface area contributed by atoms with Gasteiger partial charge >= 0.3 is 12.0 Å². The lowest BCUT2D eigenvalue weighted by Crippen LogP contribution is -2.46. The molecule has 0 aromatic rings. The number of carbonyl (C=O) groups excluding carboxylic acids is 2. The number of carboxylic acids is 1. The van der Waals surface area contributed by atoms with Crippen molar-refractivity contribution >= 4 is 17.9 Å². The van der Waals surface area contributed by atoms with Crippen LogP contribution in [0.1, 0.15) is 25.7 Å². The number of hydrogen-bond acceptors (Lipinski definition) is 3. The van der Waals surface area contributed by atoms with Crippen molar-refractivity contribution in [3.63, 3.8) is 0 Å².